The molecule has 29 heavy (non-hydrogen) atoms. The maximum atomic E-state index is 12.5. The van der Waals surface area contributed by atoms with Crippen LogP contribution in [0.4, 0.5) is 10.5 Å². The lowest BCUT2D eigenvalue weighted by atomic mass is 9.99. The lowest BCUT2D eigenvalue weighted by Crippen LogP contribution is -2.34. The molecule has 3 rings (SSSR count). The van der Waals surface area contributed by atoms with Crippen molar-refractivity contribution in [1.29, 1.82) is 0 Å². The molecule has 0 heterocycles. The number of sulfonamides is 1. The zero-order valence-corrected chi connectivity index (χ0v) is 18.3. The molecule has 0 radical (unpaired) electrons. The van der Waals surface area contributed by atoms with E-state index in [9.17, 15) is 13.2 Å². The lowest BCUT2D eigenvalue weighted by Gasteiger charge is -2.16. The third-order valence-corrected chi connectivity index (χ3v) is 6.78. The van der Waals surface area contributed by atoms with E-state index in [1.54, 1.807) is 6.08 Å². The molecule has 1 atom stereocenters. The van der Waals surface area contributed by atoms with Crippen LogP contribution in [0.15, 0.2) is 17.6 Å². The van der Waals surface area contributed by atoms with Gasteiger partial charge >= 0.3 is 6.03 Å². The van der Waals surface area contributed by atoms with E-state index in [0.29, 0.717) is 0 Å². The Bertz CT molecular complexity index is 846. The minimum absolute atomic E-state index is 0.125. The van der Waals surface area contributed by atoms with E-state index in [1.807, 2.05) is 6.92 Å². The number of hydrogen-bond acceptors (Lipinski definition) is 4. The molecule has 2 aliphatic rings. The summed E-state index contributed by atoms with van der Waals surface area (Å²) in [5.41, 5.74) is 5.81. The van der Waals surface area contributed by atoms with Crippen molar-refractivity contribution in [2.45, 2.75) is 65.2 Å². The Morgan fingerprint density at radius 1 is 1.10 bits per heavy atom. The number of carbonyl (C=O) groups is 1. The average molecular weight is 420 g/mol. The van der Waals surface area contributed by atoms with Crippen molar-refractivity contribution in [3.8, 4) is 0 Å². The number of carbonyl (C=O) groups excluding carboxylic acids is 1. The maximum absolute atomic E-state index is 12.5. The van der Waals surface area contributed by atoms with Gasteiger partial charge in [-0.3, -0.25) is 0 Å². The summed E-state index contributed by atoms with van der Waals surface area (Å²) in [7, 11) is -3.84. The van der Waals surface area contributed by atoms with Crippen LogP contribution in [0.3, 0.4) is 0 Å². The van der Waals surface area contributed by atoms with Gasteiger partial charge in [0, 0.05) is 17.6 Å². The Balaban J connectivity index is 1.68. The van der Waals surface area contributed by atoms with E-state index in [4.69, 9.17) is 0 Å². The number of urea groups is 1. The van der Waals surface area contributed by atoms with E-state index in [2.05, 4.69) is 28.3 Å². The number of anilines is 1. The zero-order chi connectivity index (χ0) is 20.9. The Morgan fingerprint density at radius 3 is 2.34 bits per heavy atom. The molecule has 3 N–H and O–H groups in total. The number of benzene rings is 1. The summed E-state index contributed by atoms with van der Waals surface area (Å²) in [6.45, 7) is 5.66. The number of amides is 2. The smallest absolute Gasteiger partial charge is 0.316 e. The molecule has 2 aliphatic carbocycles. The van der Waals surface area contributed by atoms with Crippen LogP contribution < -0.4 is 15.4 Å². The molecular formula is C22H33N3O3S. The molecule has 0 unspecified atom stereocenters. The number of fused-ring (bicyclic) bond motifs is 2. The third-order valence-electron chi connectivity index (χ3n) is 5.79. The molecule has 6 nitrogen and oxygen atoms in total. The Kier molecular flexibility index (Phi) is 7.35. The van der Waals surface area contributed by atoms with Crippen LogP contribution in [0.25, 0.3) is 0 Å². The van der Waals surface area contributed by atoms with Crippen molar-refractivity contribution >= 4 is 21.7 Å². The molecular weight excluding hydrogens is 386 g/mol. The highest BCUT2D eigenvalue weighted by molar-refractivity contribution is 7.92. The second-order valence-electron chi connectivity index (χ2n) is 8.02. The first-order valence-electron chi connectivity index (χ1n) is 10.8. The van der Waals surface area contributed by atoms with Crippen molar-refractivity contribution < 1.29 is 13.2 Å². The van der Waals surface area contributed by atoms with Crippen LogP contribution >= 0.6 is 0 Å². The number of rotatable bonds is 9. The monoisotopic (exact) mass is 419 g/mol. The van der Waals surface area contributed by atoms with Gasteiger partial charge in [-0.25, -0.2) is 17.9 Å². The first-order valence-corrected chi connectivity index (χ1v) is 12.4. The van der Waals surface area contributed by atoms with Crippen LogP contribution in [0.2, 0.25) is 0 Å². The Hall–Kier alpha value is -1.86. The molecule has 0 fully saturated rings. The van der Waals surface area contributed by atoms with E-state index < -0.39 is 16.1 Å². The van der Waals surface area contributed by atoms with Crippen molar-refractivity contribution in [1.82, 2.24) is 10.0 Å². The van der Waals surface area contributed by atoms with Gasteiger partial charge < -0.3 is 10.6 Å². The average Bonchev–Trinajstić information content (AvgIpc) is 3.32. The quantitative estimate of drug-likeness (QED) is 0.570. The van der Waals surface area contributed by atoms with Crippen LogP contribution in [0, 0.1) is 5.92 Å². The first-order chi connectivity index (χ1) is 13.9. The van der Waals surface area contributed by atoms with Gasteiger partial charge in [0.2, 0.25) is 0 Å². The van der Waals surface area contributed by atoms with Crippen molar-refractivity contribution in [3.05, 3.63) is 39.8 Å². The highest BCUT2D eigenvalue weighted by Gasteiger charge is 2.25. The lowest BCUT2D eigenvalue weighted by molar-refractivity contribution is 0.256. The fourth-order valence-corrected chi connectivity index (χ4v) is 5.26. The zero-order valence-electron chi connectivity index (χ0n) is 17.5. The minimum atomic E-state index is -3.84. The summed E-state index contributed by atoms with van der Waals surface area (Å²) in [5.74, 6) is 0.125. The van der Waals surface area contributed by atoms with Gasteiger partial charge in [0.1, 0.15) is 0 Å². The standard InChI is InChI=1S/C22H33N3O3S/c1-3-7-16(15-23-4-2)12-13-29(27,28)25-22(26)24-21-19-10-5-8-17(19)14-18-9-6-11-20(18)21/h12-14,16,23H,3-11,15H2,1-2H3,(H2,24,25,26)/b13-12+/t16-/m1/s1. The SMILES string of the molecule is CCC[C@H](/C=C/S(=O)(=O)NC(=O)Nc1c2c(cc3c1CCC3)CCC2)CNCC. The van der Waals surface area contributed by atoms with Crippen molar-refractivity contribution in [2.75, 3.05) is 18.4 Å². The summed E-state index contributed by atoms with van der Waals surface area (Å²) >= 11 is 0. The second-order valence-corrected chi connectivity index (χ2v) is 9.59. The van der Waals surface area contributed by atoms with Gasteiger partial charge in [-0.1, -0.05) is 32.4 Å². The van der Waals surface area contributed by atoms with E-state index in [1.165, 1.54) is 22.3 Å². The van der Waals surface area contributed by atoms with Gasteiger partial charge in [-0.2, -0.15) is 0 Å². The molecule has 2 amide bonds. The molecule has 0 aliphatic heterocycles. The normalized spacial score (nSPS) is 16.6. The topological polar surface area (TPSA) is 87.3 Å². The predicted molar refractivity (Wildman–Crippen MR) is 118 cm³/mol. The Labute approximate surface area is 174 Å². The fraction of sp³-hybridized carbons (Fsp3) is 0.591. The van der Waals surface area contributed by atoms with Gasteiger partial charge in [-0.05, 0) is 79.7 Å². The highest BCUT2D eigenvalue weighted by atomic mass is 32.2. The molecule has 0 saturated carbocycles. The maximum Gasteiger partial charge on any atom is 0.333 e. The Morgan fingerprint density at radius 2 is 1.76 bits per heavy atom. The van der Waals surface area contributed by atoms with Crippen LogP contribution in [0.1, 0.15) is 61.8 Å². The van der Waals surface area contributed by atoms with Crippen molar-refractivity contribution in [3.63, 3.8) is 0 Å². The number of aryl methyl sites for hydroxylation is 2. The summed E-state index contributed by atoms with van der Waals surface area (Å²) < 4.78 is 27.0. The molecule has 0 aromatic heterocycles. The minimum Gasteiger partial charge on any atom is -0.316 e. The molecule has 0 spiro atoms. The molecule has 0 bridgehead atoms. The largest absolute Gasteiger partial charge is 0.333 e. The van der Waals surface area contributed by atoms with Crippen LogP contribution in [-0.4, -0.2) is 27.5 Å². The molecule has 1 aromatic carbocycles. The van der Waals surface area contributed by atoms with Gasteiger partial charge in [0.25, 0.3) is 10.0 Å². The first kappa shape index (κ1) is 21.8. The van der Waals surface area contributed by atoms with E-state index in [0.717, 1.165) is 75.6 Å². The summed E-state index contributed by atoms with van der Waals surface area (Å²) in [6.07, 6.45) is 9.66. The molecule has 1 aromatic rings. The summed E-state index contributed by atoms with van der Waals surface area (Å²) in [5, 5.41) is 7.24. The second kappa shape index (κ2) is 9.76. The van der Waals surface area contributed by atoms with Crippen LogP contribution in [0.5, 0.6) is 0 Å². The van der Waals surface area contributed by atoms with E-state index >= 15 is 0 Å². The van der Waals surface area contributed by atoms with E-state index in [-0.39, 0.29) is 5.92 Å². The highest BCUT2D eigenvalue weighted by Crippen LogP contribution is 2.38. The number of hydrogen-bond donors (Lipinski definition) is 3. The fourth-order valence-electron chi connectivity index (χ4n) is 4.45. The van der Waals surface area contributed by atoms with Gasteiger partial charge in [0.05, 0.1) is 0 Å². The predicted octanol–water partition coefficient (Wildman–Crippen LogP) is 3.65. The molecule has 0 saturated heterocycles. The summed E-state index contributed by atoms with van der Waals surface area (Å²) in [4.78, 5) is 12.5. The van der Waals surface area contributed by atoms with Gasteiger partial charge in [-0.15, -0.1) is 0 Å². The molecule has 7 heteroatoms. The van der Waals surface area contributed by atoms with Gasteiger partial charge in [0.15, 0.2) is 0 Å². The molecule has 160 valence electrons. The third kappa shape index (κ3) is 5.60. The van der Waals surface area contributed by atoms with Crippen LogP contribution in [-0.2, 0) is 35.7 Å². The van der Waals surface area contributed by atoms with Crippen molar-refractivity contribution in [2.24, 2.45) is 5.92 Å². The summed E-state index contributed by atoms with van der Waals surface area (Å²) in [6, 6.07) is 1.61. The number of nitrogens with one attached hydrogen (secondary N) is 3.